The Morgan fingerprint density at radius 2 is 1.86 bits per heavy atom. The van der Waals surface area contributed by atoms with Gasteiger partial charge in [-0.1, -0.05) is 26.8 Å². The fourth-order valence-electron chi connectivity index (χ4n) is 2.11. The fourth-order valence-corrected chi connectivity index (χ4v) is 3.46. The number of benzene rings is 1. The lowest BCUT2D eigenvalue weighted by atomic mass is 10.1. The number of rotatable bonds is 10. The number of ether oxygens (including phenoxy) is 2. The van der Waals surface area contributed by atoms with Crippen molar-refractivity contribution in [2.75, 3.05) is 32.3 Å². The minimum atomic E-state index is 0.354. The van der Waals surface area contributed by atoms with E-state index in [9.17, 15) is 0 Å². The van der Waals surface area contributed by atoms with Crippen LogP contribution in [0.4, 0.5) is 0 Å². The highest BCUT2D eigenvalue weighted by atomic mass is 32.2. The third-order valence-corrected chi connectivity index (χ3v) is 4.48. The van der Waals surface area contributed by atoms with Crippen molar-refractivity contribution in [3.8, 4) is 11.5 Å². The highest BCUT2D eigenvalue weighted by molar-refractivity contribution is 7.99. The summed E-state index contributed by atoms with van der Waals surface area (Å²) in [4.78, 5) is 0. The fraction of sp³-hybridized carbons (Fsp3) is 0.647. The summed E-state index contributed by atoms with van der Waals surface area (Å²) in [6.45, 7) is 7.66. The molecule has 0 aliphatic rings. The minimum absolute atomic E-state index is 0.354. The van der Waals surface area contributed by atoms with Crippen molar-refractivity contribution in [1.29, 1.82) is 0 Å². The van der Waals surface area contributed by atoms with Crippen molar-refractivity contribution in [2.45, 2.75) is 33.2 Å². The van der Waals surface area contributed by atoms with E-state index in [4.69, 9.17) is 9.47 Å². The van der Waals surface area contributed by atoms with Crippen molar-refractivity contribution in [3.05, 3.63) is 23.8 Å². The number of nitrogens with one attached hydrogen (secondary N) is 1. The third kappa shape index (κ3) is 6.18. The summed E-state index contributed by atoms with van der Waals surface area (Å²) in [6.07, 6.45) is 1.27. The van der Waals surface area contributed by atoms with Crippen molar-refractivity contribution in [2.24, 2.45) is 5.92 Å². The van der Waals surface area contributed by atoms with E-state index in [1.807, 2.05) is 17.8 Å². The van der Waals surface area contributed by atoms with E-state index < -0.39 is 0 Å². The average molecular weight is 311 g/mol. The second-order valence-electron chi connectivity index (χ2n) is 5.48. The molecular weight excluding hydrogens is 282 g/mol. The molecular formula is C17H29NO2S. The van der Waals surface area contributed by atoms with Gasteiger partial charge in [0.1, 0.15) is 0 Å². The Morgan fingerprint density at radius 3 is 2.43 bits per heavy atom. The predicted molar refractivity (Wildman–Crippen MR) is 92.7 cm³/mol. The van der Waals surface area contributed by atoms with Gasteiger partial charge in [0.2, 0.25) is 0 Å². The van der Waals surface area contributed by atoms with Crippen LogP contribution in [0.15, 0.2) is 18.2 Å². The first-order valence-electron chi connectivity index (χ1n) is 7.65. The summed E-state index contributed by atoms with van der Waals surface area (Å²) in [6, 6.07) is 6.54. The van der Waals surface area contributed by atoms with E-state index in [-0.39, 0.29) is 0 Å². The van der Waals surface area contributed by atoms with Crippen LogP contribution >= 0.6 is 11.8 Å². The van der Waals surface area contributed by atoms with E-state index in [1.165, 1.54) is 17.7 Å². The van der Waals surface area contributed by atoms with E-state index in [2.05, 4.69) is 38.2 Å². The molecule has 0 saturated heterocycles. The van der Waals surface area contributed by atoms with Crippen LogP contribution in [0.2, 0.25) is 0 Å². The van der Waals surface area contributed by atoms with Gasteiger partial charge in [-0.25, -0.2) is 0 Å². The van der Waals surface area contributed by atoms with E-state index in [0.29, 0.717) is 6.04 Å². The van der Waals surface area contributed by atoms with E-state index in [1.54, 1.807) is 14.2 Å². The Morgan fingerprint density at radius 1 is 1.14 bits per heavy atom. The summed E-state index contributed by atoms with van der Waals surface area (Å²) in [5, 5.41) is 3.56. The zero-order chi connectivity index (χ0) is 15.7. The topological polar surface area (TPSA) is 30.5 Å². The van der Waals surface area contributed by atoms with Crippen molar-refractivity contribution in [1.82, 2.24) is 5.32 Å². The Bertz CT molecular complexity index is 410. The molecule has 0 bridgehead atoms. The molecule has 0 heterocycles. The van der Waals surface area contributed by atoms with Gasteiger partial charge in [0.25, 0.3) is 0 Å². The van der Waals surface area contributed by atoms with Crippen LogP contribution in [0.5, 0.6) is 11.5 Å². The van der Waals surface area contributed by atoms with E-state index >= 15 is 0 Å². The van der Waals surface area contributed by atoms with Crippen LogP contribution in [-0.2, 0) is 0 Å². The Balaban J connectivity index is 2.70. The van der Waals surface area contributed by atoms with Gasteiger partial charge in [0, 0.05) is 11.8 Å². The largest absolute Gasteiger partial charge is 0.493 e. The Hall–Kier alpha value is -0.870. The van der Waals surface area contributed by atoms with Crippen molar-refractivity contribution < 1.29 is 9.47 Å². The molecule has 0 aliphatic carbocycles. The minimum Gasteiger partial charge on any atom is -0.493 e. The highest BCUT2D eigenvalue weighted by Crippen LogP contribution is 2.31. The molecule has 1 unspecified atom stereocenters. The van der Waals surface area contributed by atoms with Gasteiger partial charge < -0.3 is 14.8 Å². The third-order valence-electron chi connectivity index (χ3n) is 3.38. The summed E-state index contributed by atoms with van der Waals surface area (Å²) in [7, 11) is 3.35. The standard InChI is InChI=1S/C17H29NO2S/c1-6-18-15(12-21-10-9-13(2)3)14-7-8-16(19-4)17(11-14)20-5/h7-8,11,13,15,18H,6,9-10,12H2,1-5H3. The van der Waals surface area contributed by atoms with Crippen molar-refractivity contribution in [3.63, 3.8) is 0 Å². The first-order valence-corrected chi connectivity index (χ1v) is 8.80. The molecule has 1 aromatic carbocycles. The lowest BCUT2D eigenvalue weighted by molar-refractivity contribution is 0.354. The molecule has 4 heteroatoms. The number of thioether (sulfide) groups is 1. The molecule has 0 fully saturated rings. The monoisotopic (exact) mass is 311 g/mol. The molecule has 0 aromatic heterocycles. The molecule has 0 radical (unpaired) electrons. The molecule has 21 heavy (non-hydrogen) atoms. The smallest absolute Gasteiger partial charge is 0.161 e. The van der Waals surface area contributed by atoms with Crippen LogP contribution in [-0.4, -0.2) is 32.3 Å². The molecule has 0 amide bonds. The molecule has 0 saturated carbocycles. The lowest BCUT2D eigenvalue weighted by Gasteiger charge is -2.20. The molecule has 1 atom stereocenters. The number of hydrogen-bond acceptors (Lipinski definition) is 4. The first kappa shape index (κ1) is 18.2. The highest BCUT2D eigenvalue weighted by Gasteiger charge is 2.13. The van der Waals surface area contributed by atoms with Crippen LogP contribution < -0.4 is 14.8 Å². The lowest BCUT2D eigenvalue weighted by Crippen LogP contribution is -2.23. The second-order valence-corrected chi connectivity index (χ2v) is 6.63. The normalized spacial score (nSPS) is 12.5. The van der Waals surface area contributed by atoms with Crippen molar-refractivity contribution >= 4 is 11.8 Å². The van der Waals surface area contributed by atoms with Crippen LogP contribution in [0.1, 0.15) is 38.8 Å². The average Bonchev–Trinajstić information content (AvgIpc) is 2.49. The van der Waals surface area contributed by atoms with Gasteiger partial charge in [0.05, 0.1) is 14.2 Å². The molecule has 120 valence electrons. The maximum absolute atomic E-state index is 5.40. The summed E-state index contributed by atoms with van der Waals surface area (Å²) < 4.78 is 10.7. The zero-order valence-corrected chi connectivity index (χ0v) is 14.8. The predicted octanol–water partition coefficient (Wildman–Crippen LogP) is 4.13. The summed E-state index contributed by atoms with van der Waals surface area (Å²) >= 11 is 2.01. The summed E-state index contributed by atoms with van der Waals surface area (Å²) in [5.74, 6) is 4.65. The van der Waals surface area contributed by atoms with Gasteiger partial charge >= 0.3 is 0 Å². The molecule has 0 spiro atoms. The molecule has 1 N–H and O–H groups in total. The van der Waals surface area contributed by atoms with Gasteiger partial charge in [-0.3, -0.25) is 0 Å². The van der Waals surface area contributed by atoms with Crippen LogP contribution in [0.3, 0.4) is 0 Å². The second kappa shape index (κ2) is 9.96. The summed E-state index contributed by atoms with van der Waals surface area (Å²) in [5.41, 5.74) is 1.26. The zero-order valence-electron chi connectivity index (χ0n) is 13.9. The van der Waals surface area contributed by atoms with Crippen LogP contribution in [0, 0.1) is 5.92 Å². The first-order chi connectivity index (χ1) is 10.1. The molecule has 1 aromatic rings. The molecule has 3 nitrogen and oxygen atoms in total. The number of hydrogen-bond donors (Lipinski definition) is 1. The van der Waals surface area contributed by atoms with E-state index in [0.717, 1.165) is 29.7 Å². The van der Waals surface area contributed by atoms with Gasteiger partial charge in [-0.2, -0.15) is 11.8 Å². The molecule has 1 rings (SSSR count). The quantitative estimate of drug-likeness (QED) is 0.658. The Labute approximate surface area is 133 Å². The SMILES string of the molecule is CCNC(CSCCC(C)C)c1ccc(OC)c(OC)c1. The van der Waals surface area contributed by atoms with Crippen LogP contribution in [0.25, 0.3) is 0 Å². The maximum Gasteiger partial charge on any atom is 0.161 e. The van der Waals surface area contributed by atoms with Gasteiger partial charge in [0.15, 0.2) is 11.5 Å². The van der Waals surface area contributed by atoms with Gasteiger partial charge in [-0.15, -0.1) is 0 Å². The Kier molecular flexibility index (Phi) is 8.62. The number of methoxy groups -OCH3 is 2. The molecule has 0 aliphatic heterocycles. The van der Waals surface area contributed by atoms with Gasteiger partial charge in [-0.05, 0) is 42.3 Å². The maximum atomic E-state index is 5.40.